The summed E-state index contributed by atoms with van der Waals surface area (Å²) in [5.41, 5.74) is 3.85. The van der Waals surface area contributed by atoms with Gasteiger partial charge in [-0.15, -0.1) is 11.8 Å². The van der Waals surface area contributed by atoms with Crippen molar-refractivity contribution >= 4 is 17.6 Å². The van der Waals surface area contributed by atoms with Gasteiger partial charge in [-0.1, -0.05) is 36.8 Å². The monoisotopic (exact) mass is 287 g/mol. The molecule has 0 aliphatic rings. The van der Waals surface area contributed by atoms with E-state index in [-0.39, 0.29) is 0 Å². The molecule has 3 nitrogen and oxygen atoms in total. The Hall–Kier alpha value is -1.55. The minimum Gasteiger partial charge on any atom is -0.370 e. The van der Waals surface area contributed by atoms with Crippen molar-refractivity contribution < 1.29 is 0 Å². The van der Waals surface area contributed by atoms with Gasteiger partial charge in [0.05, 0.1) is 0 Å². The van der Waals surface area contributed by atoms with E-state index < -0.39 is 0 Å². The maximum atomic E-state index is 4.44. The summed E-state index contributed by atoms with van der Waals surface area (Å²) in [4.78, 5) is 8.78. The average Bonchev–Trinajstić information content (AvgIpc) is 2.45. The van der Waals surface area contributed by atoms with Crippen molar-refractivity contribution in [1.82, 2.24) is 9.97 Å². The fraction of sp³-hybridized carbons (Fsp3) is 0.375. The Morgan fingerprint density at radius 1 is 1.20 bits per heavy atom. The van der Waals surface area contributed by atoms with Crippen molar-refractivity contribution in [3.63, 3.8) is 0 Å². The molecule has 2 aromatic rings. The van der Waals surface area contributed by atoms with Crippen molar-refractivity contribution in [2.45, 2.75) is 38.0 Å². The average molecular weight is 287 g/mol. The van der Waals surface area contributed by atoms with Gasteiger partial charge in [-0.05, 0) is 25.8 Å². The Morgan fingerprint density at radius 2 is 2.05 bits per heavy atom. The van der Waals surface area contributed by atoms with E-state index in [0.717, 1.165) is 29.6 Å². The number of benzene rings is 1. The molecule has 20 heavy (non-hydrogen) atoms. The molecule has 1 N–H and O–H groups in total. The molecule has 0 spiro atoms. The quantitative estimate of drug-likeness (QED) is 0.642. The molecule has 0 amide bonds. The molecule has 0 bridgehead atoms. The topological polar surface area (TPSA) is 37.8 Å². The first-order valence-electron chi connectivity index (χ1n) is 7.00. The van der Waals surface area contributed by atoms with Gasteiger partial charge in [0.1, 0.15) is 17.2 Å². The summed E-state index contributed by atoms with van der Waals surface area (Å²) in [6.07, 6.45) is 2.59. The molecular formula is C16H21N3S. The first kappa shape index (κ1) is 14.9. The van der Waals surface area contributed by atoms with Gasteiger partial charge in [0.2, 0.25) is 0 Å². The van der Waals surface area contributed by atoms with Gasteiger partial charge < -0.3 is 5.32 Å². The van der Waals surface area contributed by atoms with Crippen LogP contribution in [0.5, 0.6) is 0 Å². The number of anilines is 1. The second-order valence-corrected chi connectivity index (χ2v) is 5.63. The number of nitrogens with zero attached hydrogens (tertiary/aromatic N) is 2. The molecule has 0 saturated carbocycles. The third-order valence-electron chi connectivity index (χ3n) is 3.06. The zero-order valence-electron chi connectivity index (χ0n) is 12.3. The summed E-state index contributed by atoms with van der Waals surface area (Å²) in [5, 5.41) is 4.39. The molecule has 0 radical (unpaired) electrons. The Labute approximate surface area is 125 Å². The predicted octanol–water partition coefficient (Wildman–Crippen LogP) is 4.07. The molecule has 1 heterocycles. The summed E-state index contributed by atoms with van der Waals surface area (Å²) < 4.78 is 0. The Bertz CT molecular complexity index is 569. The number of rotatable bonds is 6. The van der Waals surface area contributed by atoms with Crippen molar-refractivity contribution in [3.8, 4) is 0 Å². The Balaban J connectivity index is 2.14. The van der Waals surface area contributed by atoms with Crippen LogP contribution in [0, 0.1) is 6.92 Å². The normalized spacial score (nSPS) is 10.6. The van der Waals surface area contributed by atoms with Crippen LogP contribution in [0.1, 0.15) is 30.5 Å². The van der Waals surface area contributed by atoms with Crippen molar-refractivity contribution in [2.24, 2.45) is 0 Å². The van der Waals surface area contributed by atoms with Crippen LogP contribution in [0.4, 0.5) is 5.82 Å². The largest absolute Gasteiger partial charge is 0.370 e. The zero-order chi connectivity index (χ0) is 14.4. The number of aromatic nitrogens is 2. The molecular weight excluding hydrogens is 266 g/mol. The lowest BCUT2D eigenvalue weighted by Gasteiger charge is -2.11. The van der Waals surface area contributed by atoms with Crippen LogP contribution in [-0.4, -0.2) is 16.5 Å². The second kappa shape index (κ2) is 7.29. The molecule has 0 atom stereocenters. The van der Waals surface area contributed by atoms with E-state index in [2.05, 4.69) is 60.3 Å². The highest BCUT2D eigenvalue weighted by Gasteiger charge is 2.09. The van der Waals surface area contributed by atoms with Crippen LogP contribution >= 0.6 is 11.8 Å². The van der Waals surface area contributed by atoms with Gasteiger partial charge >= 0.3 is 0 Å². The number of hydrogen-bond donors (Lipinski definition) is 1. The van der Waals surface area contributed by atoms with Gasteiger partial charge in [0.15, 0.2) is 0 Å². The fourth-order valence-electron chi connectivity index (χ4n) is 2.11. The molecule has 0 saturated heterocycles. The van der Waals surface area contributed by atoms with Crippen LogP contribution in [0.2, 0.25) is 0 Å². The number of nitrogens with one attached hydrogen (secondary N) is 1. The lowest BCUT2D eigenvalue weighted by molar-refractivity contribution is 0.937. The van der Waals surface area contributed by atoms with E-state index in [1.165, 1.54) is 16.7 Å². The van der Waals surface area contributed by atoms with Crippen molar-refractivity contribution in [2.75, 3.05) is 11.9 Å². The number of aryl methyl sites for hydroxylation is 1. The lowest BCUT2D eigenvalue weighted by Crippen LogP contribution is -2.05. The Kier molecular flexibility index (Phi) is 5.41. The first-order valence-corrected chi connectivity index (χ1v) is 7.99. The highest BCUT2D eigenvalue weighted by molar-refractivity contribution is 7.98. The highest BCUT2D eigenvalue weighted by atomic mass is 32.2. The summed E-state index contributed by atoms with van der Waals surface area (Å²) in [6, 6.07) is 8.62. The van der Waals surface area contributed by atoms with E-state index in [9.17, 15) is 0 Å². The van der Waals surface area contributed by atoms with E-state index >= 15 is 0 Å². The van der Waals surface area contributed by atoms with Crippen LogP contribution < -0.4 is 5.32 Å². The summed E-state index contributed by atoms with van der Waals surface area (Å²) >= 11 is 1.78. The van der Waals surface area contributed by atoms with E-state index in [0.29, 0.717) is 0 Å². The van der Waals surface area contributed by atoms with Gasteiger partial charge in [-0.25, -0.2) is 9.97 Å². The van der Waals surface area contributed by atoms with Crippen molar-refractivity contribution in [1.29, 1.82) is 0 Å². The molecule has 1 aromatic carbocycles. The maximum Gasteiger partial charge on any atom is 0.133 e. The smallest absolute Gasteiger partial charge is 0.133 e. The van der Waals surface area contributed by atoms with Crippen LogP contribution in [0.25, 0.3) is 0 Å². The molecule has 0 fully saturated rings. The van der Waals surface area contributed by atoms with Crippen LogP contribution in [-0.2, 0) is 12.2 Å². The third-order valence-corrected chi connectivity index (χ3v) is 4.16. The van der Waals surface area contributed by atoms with Gasteiger partial charge in [-0.2, -0.15) is 0 Å². The van der Waals surface area contributed by atoms with E-state index in [1.54, 1.807) is 18.1 Å². The summed E-state index contributed by atoms with van der Waals surface area (Å²) in [7, 11) is 0. The minimum absolute atomic E-state index is 0.881. The van der Waals surface area contributed by atoms with Gasteiger partial charge in [0, 0.05) is 17.9 Å². The minimum atomic E-state index is 0.881. The number of thioether (sulfide) groups is 1. The molecule has 4 heteroatoms. The van der Waals surface area contributed by atoms with E-state index in [4.69, 9.17) is 0 Å². The maximum absolute atomic E-state index is 4.44. The van der Waals surface area contributed by atoms with Gasteiger partial charge in [0.25, 0.3) is 0 Å². The summed E-state index contributed by atoms with van der Waals surface area (Å²) in [5.74, 6) is 1.91. The zero-order valence-corrected chi connectivity index (χ0v) is 13.1. The lowest BCUT2D eigenvalue weighted by atomic mass is 10.2. The van der Waals surface area contributed by atoms with Gasteiger partial charge in [-0.3, -0.25) is 0 Å². The molecule has 0 aliphatic heterocycles. The molecule has 2 rings (SSSR count). The van der Waals surface area contributed by atoms with E-state index in [1.807, 2.05) is 0 Å². The standard InChI is InChI=1S/C16H21N3S/c1-4-14-15(17-5-2)18-11-19-16(14)20-10-13-8-6-7-12(3)9-13/h6-9,11H,4-5,10H2,1-3H3,(H,17,18,19). The molecule has 0 aliphatic carbocycles. The molecule has 1 aromatic heterocycles. The first-order chi connectivity index (χ1) is 9.74. The second-order valence-electron chi connectivity index (χ2n) is 4.67. The molecule has 0 unspecified atom stereocenters. The van der Waals surface area contributed by atoms with Crippen LogP contribution in [0.3, 0.4) is 0 Å². The SMILES string of the molecule is CCNc1ncnc(SCc2cccc(C)c2)c1CC. The predicted molar refractivity (Wildman–Crippen MR) is 86.3 cm³/mol. The van der Waals surface area contributed by atoms with Crippen LogP contribution in [0.15, 0.2) is 35.6 Å². The summed E-state index contributed by atoms with van der Waals surface area (Å²) in [6.45, 7) is 7.24. The fourth-order valence-corrected chi connectivity index (χ4v) is 3.13. The third kappa shape index (κ3) is 3.73. The number of hydrogen-bond acceptors (Lipinski definition) is 4. The van der Waals surface area contributed by atoms with Crippen molar-refractivity contribution in [3.05, 3.63) is 47.3 Å². The Morgan fingerprint density at radius 3 is 2.75 bits per heavy atom. The highest BCUT2D eigenvalue weighted by Crippen LogP contribution is 2.28. The molecule has 106 valence electrons.